The predicted octanol–water partition coefficient (Wildman–Crippen LogP) is 3.14. The molecule has 37 heavy (non-hydrogen) atoms. The first-order chi connectivity index (χ1) is 18.0. The van der Waals surface area contributed by atoms with E-state index in [0.29, 0.717) is 23.8 Å². The van der Waals surface area contributed by atoms with Crippen LogP contribution in [-0.4, -0.2) is 70.0 Å². The summed E-state index contributed by atoms with van der Waals surface area (Å²) in [7, 11) is 0. The highest BCUT2D eigenvalue weighted by atomic mass is 35.5. The monoisotopic (exact) mass is 535 g/mol. The summed E-state index contributed by atoms with van der Waals surface area (Å²) in [6.07, 6.45) is 7.90. The number of carbonyl (C=O) groups is 3. The molecule has 4 aliphatic rings. The number of benzene rings is 2. The van der Waals surface area contributed by atoms with Gasteiger partial charge >= 0.3 is 0 Å². The Kier molecular flexibility index (Phi) is 6.13. The van der Waals surface area contributed by atoms with Crippen LogP contribution in [0.15, 0.2) is 78.9 Å². The molecule has 2 aromatic rings. The fourth-order valence-electron chi connectivity index (χ4n) is 6.18. The maximum absolute atomic E-state index is 14.2. The van der Waals surface area contributed by atoms with Gasteiger partial charge in [0.1, 0.15) is 6.04 Å². The van der Waals surface area contributed by atoms with Gasteiger partial charge in [0.2, 0.25) is 11.8 Å². The zero-order chi connectivity index (χ0) is 25.7. The maximum Gasteiger partial charge on any atom is 0.251 e. The van der Waals surface area contributed by atoms with Crippen molar-refractivity contribution in [1.29, 1.82) is 0 Å². The minimum atomic E-state index is -0.917. The number of anilines is 2. The van der Waals surface area contributed by atoms with Crippen LogP contribution in [0.5, 0.6) is 0 Å². The van der Waals surface area contributed by atoms with Crippen LogP contribution in [0.1, 0.15) is 0 Å². The van der Waals surface area contributed by atoms with Crippen molar-refractivity contribution in [3.63, 3.8) is 0 Å². The van der Waals surface area contributed by atoms with Crippen molar-refractivity contribution >= 4 is 52.5 Å². The molecule has 4 heterocycles. The third-order valence-corrected chi connectivity index (χ3v) is 9.70. The predicted molar refractivity (Wildman–Crippen MR) is 145 cm³/mol. The minimum absolute atomic E-state index is 0.0279. The standard InChI is InChI=1S/C28H26ClN3O4S/c29-18-9-11-20(12-10-18)31-15-5-13-28-23(26(35)32(16-17-33)24(28)27(31)36)22-21(37-28)8-4-14-30(25(22)34)19-6-2-1-3-7-19/h1-13,21-24,33H,14-17H2/t21-,22+,23-,24?,28-/m0/s1. The van der Waals surface area contributed by atoms with Crippen molar-refractivity contribution in [3.8, 4) is 0 Å². The molecule has 1 unspecified atom stereocenters. The molecule has 1 spiro atoms. The first kappa shape index (κ1) is 24.3. The van der Waals surface area contributed by atoms with Crippen LogP contribution in [0, 0.1) is 11.8 Å². The van der Waals surface area contributed by atoms with Gasteiger partial charge in [0.15, 0.2) is 0 Å². The lowest BCUT2D eigenvalue weighted by atomic mass is 9.78. The molecule has 9 heteroatoms. The molecule has 2 fully saturated rings. The molecule has 5 atom stereocenters. The van der Waals surface area contributed by atoms with Gasteiger partial charge in [-0.05, 0) is 36.4 Å². The number of aliphatic hydroxyl groups is 1. The average Bonchev–Trinajstić information content (AvgIpc) is 3.20. The Morgan fingerprint density at radius 2 is 1.57 bits per heavy atom. The van der Waals surface area contributed by atoms with Crippen LogP contribution in [0.2, 0.25) is 5.02 Å². The zero-order valence-electron chi connectivity index (χ0n) is 19.9. The molecular formula is C28H26ClN3O4S. The lowest BCUT2D eigenvalue weighted by Gasteiger charge is -2.35. The number of para-hydroxylation sites is 1. The number of fused-ring (bicyclic) bond motifs is 2. The summed E-state index contributed by atoms with van der Waals surface area (Å²) in [4.78, 5) is 47.1. The summed E-state index contributed by atoms with van der Waals surface area (Å²) in [6, 6.07) is 15.6. The summed E-state index contributed by atoms with van der Waals surface area (Å²) >= 11 is 7.60. The number of rotatable bonds is 4. The molecule has 0 aromatic heterocycles. The smallest absolute Gasteiger partial charge is 0.251 e. The van der Waals surface area contributed by atoms with Crippen LogP contribution >= 0.6 is 23.4 Å². The molecule has 0 radical (unpaired) electrons. The van der Waals surface area contributed by atoms with E-state index in [1.807, 2.05) is 54.6 Å². The van der Waals surface area contributed by atoms with E-state index in [-0.39, 0.29) is 36.1 Å². The Morgan fingerprint density at radius 1 is 0.892 bits per heavy atom. The fraction of sp³-hybridized carbons (Fsp3) is 0.321. The van der Waals surface area contributed by atoms with E-state index in [2.05, 4.69) is 0 Å². The molecule has 4 aliphatic heterocycles. The van der Waals surface area contributed by atoms with Crippen molar-refractivity contribution in [2.24, 2.45) is 11.8 Å². The molecule has 0 aliphatic carbocycles. The number of hydrogen-bond donors (Lipinski definition) is 1. The second-order valence-electron chi connectivity index (χ2n) is 9.64. The van der Waals surface area contributed by atoms with Gasteiger partial charge in [0, 0.05) is 41.3 Å². The van der Waals surface area contributed by atoms with Gasteiger partial charge in [-0.2, -0.15) is 0 Å². The number of carbonyl (C=O) groups excluding carboxylic acids is 3. The van der Waals surface area contributed by atoms with Crippen LogP contribution in [0.25, 0.3) is 0 Å². The maximum atomic E-state index is 14.2. The van der Waals surface area contributed by atoms with Crippen molar-refractivity contribution in [2.45, 2.75) is 16.0 Å². The topological polar surface area (TPSA) is 81.2 Å². The molecule has 190 valence electrons. The Hall–Kier alpha value is -3.07. The first-order valence-corrected chi connectivity index (χ1v) is 13.6. The zero-order valence-corrected chi connectivity index (χ0v) is 21.5. The molecular weight excluding hydrogens is 510 g/mol. The highest BCUT2D eigenvalue weighted by molar-refractivity contribution is 8.02. The number of amides is 3. The second kappa shape index (κ2) is 9.35. The number of hydrogen-bond acceptors (Lipinski definition) is 5. The van der Waals surface area contributed by atoms with Gasteiger partial charge in [0.05, 0.1) is 23.2 Å². The molecule has 7 nitrogen and oxygen atoms in total. The highest BCUT2D eigenvalue weighted by Gasteiger charge is 2.71. The second-order valence-corrected chi connectivity index (χ2v) is 11.6. The molecule has 6 rings (SSSR count). The largest absolute Gasteiger partial charge is 0.395 e. The van der Waals surface area contributed by atoms with Crippen molar-refractivity contribution in [2.75, 3.05) is 36.0 Å². The molecule has 2 aromatic carbocycles. The van der Waals surface area contributed by atoms with Gasteiger partial charge in [-0.1, -0.05) is 54.1 Å². The summed E-state index contributed by atoms with van der Waals surface area (Å²) in [5, 5.41) is 10.2. The van der Waals surface area contributed by atoms with E-state index in [9.17, 15) is 19.5 Å². The summed E-state index contributed by atoms with van der Waals surface area (Å²) in [5.74, 6) is -1.94. The van der Waals surface area contributed by atoms with E-state index in [0.717, 1.165) is 5.69 Å². The normalized spacial score (nSPS) is 30.8. The highest BCUT2D eigenvalue weighted by Crippen LogP contribution is 2.61. The number of β-amino-alcohol motifs (C(OH)–C–C–N with tert-alkyl or cyclic N) is 1. The van der Waals surface area contributed by atoms with E-state index in [1.165, 1.54) is 16.7 Å². The van der Waals surface area contributed by atoms with Crippen LogP contribution in [0.4, 0.5) is 11.4 Å². The summed E-state index contributed by atoms with van der Waals surface area (Å²) in [5.41, 5.74) is 1.46. The number of likely N-dealkylation sites (tertiary alicyclic amines) is 1. The van der Waals surface area contributed by atoms with Gasteiger partial charge in [-0.25, -0.2) is 0 Å². The Labute approximate surface area is 224 Å². The van der Waals surface area contributed by atoms with Gasteiger partial charge in [0.25, 0.3) is 5.91 Å². The lowest BCUT2D eigenvalue weighted by molar-refractivity contribution is -0.139. The van der Waals surface area contributed by atoms with E-state index in [1.54, 1.807) is 34.1 Å². The van der Waals surface area contributed by atoms with Gasteiger partial charge < -0.3 is 19.8 Å². The number of nitrogens with zero attached hydrogens (tertiary/aromatic N) is 3. The quantitative estimate of drug-likeness (QED) is 0.608. The van der Waals surface area contributed by atoms with Crippen molar-refractivity contribution < 1.29 is 19.5 Å². The lowest BCUT2D eigenvalue weighted by Crippen LogP contribution is -2.53. The average molecular weight is 536 g/mol. The minimum Gasteiger partial charge on any atom is -0.395 e. The molecule has 2 saturated heterocycles. The molecule has 3 amide bonds. The van der Waals surface area contributed by atoms with Crippen molar-refractivity contribution in [3.05, 3.63) is 83.9 Å². The third-order valence-electron chi connectivity index (χ3n) is 7.71. The number of halogens is 1. The van der Waals surface area contributed by atoms with Gasteiger partial charge in [-0.3, -0.25) is 14.4 Å². The Bertz CT molecular complexity index is 1300. The van der Waals surface area contributed by atoms with Crippen LogP contribution in [-0.2, 0) is 14.4 Å². The van der Waals surface area contributed by atoms with Crippen LogP contribution < -0.4 is 9.80 Å². The first-order valence-electron chi connectivity index (χ1n) is 12.3. The molecule has 0 bridgehead atoms. The van der Waals surface area contributed by atoms with Crippen LogP contribution in [0.3, 0.4) is 0 Å². The Balaban J connectivity index is 1.43. The van der Waals surface area contributed by atoms with E-state index >= 15 is 0 Å². The van der Waals surface area contributed by atoms with Gasteiger partial charge in [-0.15, -0.1) is 11.8 Å². The number of thioether (sulfide) groups is 1. The Morgan fingerprint density at radius 3 is 2.30 bits per heavy atom. The summed E-state index contributed by atoms with van der Waals surface area (Å²) < 4.78 is -0.917. The van der Waals surface area contributed by atoms with E-state index < -0.39 is 22.6 Å². The molecule has 1 N–H and O–H groups in total. The molecule has 0 saturated carbocycles. The van der Waals surface area contributed by atoms with Crippen molar-refractivity contribution in [1.82, 2.24) is 4.90 Å². The fourth-order valence-corrected chi connectivity index (χ4v) is 8.31. The third kappa shape index (κ3) is 3.73. The SMILES string of the molecule is O=C1C2N(CCO)C(=O)[C@@H]3[C@@H]4C(=O)N(c5ccccc5)CC=C[C@@H]4S[C@]23C=CCN1c1ccc(Cl)cc1. The van der Waals surface area contributed by atoms with E-state index in [4.69, 9.17) is 11.6 Å². The number of aliphatic hydroxyl groups excluding tert-OH is 1. The summed E-state index contributed by atoms with van der Waals surface area (Å²) in [6.45, 7) is 0.515.